The lowest BCUT2D eigenvalue weighted by Gasteiger charge is -2.22. The molecular formula is C23H19NO3. The molecule has 0 fully saturated rings. The number of aliphatic imine (C=N–C) groups is 1. The SMILES string of the molecule is COc1ccc(C2=NC(Cc3ccccc3)(c3ccccc3)C(=O)O2)cc1. The minimum atomic E-state index is -1.09. The van der Waals surface area contributed by atoms with Gasteiger partial charge in [0.2, 0.25) is 5.90 Å². The maximum atomic E-state index is 13.0. The third-order valence-corrected chi connectivity index (χ3v) is 4.71. The molecule has 0 radical (unpaired) electrons. The van der Waals surface area contributed by atoms with Crippen LogP contribution in [0.1, 0.15) is 16.7 Å². The fourth-order valence-corrected chi connectivity index (χ4v) is 3.27. The topological polar surface area (TPSA) is 47.9 Å². The number of hydrogen-bond acceptors (Lipinski definition) is 4. The molecule has 0 spiro atoms. The molecule has 0 N–H and O–H groups in total. The van der Waals surface area contributed by atoms with Crippen LogP contribution in [0.3, 0.4) is 0 Å². The molecule has 0 aromatic heterocycles. The van der Waals surface area contributed by atoms with Crippen LogP contribution in [0, 0.1) is 0 Å². The van der Waals surface area contributed by atoms with Crippen LogP contribution in [0.2, 0.25) is 0 Å². The quantitative estimate of drug-likeness (QED) is 0.645. The molecule has 4 heteroatoms. The average molecular weight is 357 g/mol. The molecule has 27 heavy (non-hydrogen) atoms. The van der Waals surface area contributed by atoms with E-state index in [1.54, 1.807) is 7.11 Å². The van der Waals surface area contributed by atoms with Crippen LogP contribution in [0.5, 0.6) is 5.75 Å². The van der Waals surface area contributed by atoms with E-state index in [-0.39, 0.29) is 5.97 Å². The highest BCUT2D eigenvalue weighted by Gasteiger charge is 2.47. The molecule has 1 unspecified atom stereocenters. The van der Waals surface area contributed by atoms with E-state index in [9.17, 15) is 4.79 Å². The highest BCUT2D eigenvalue weighted by Crippen LogP contribution is 2.37. The summed E-state index contributed by atoms with van der Waals surface area (Å²) >= 11 is 0. The van der Waals surface area contributed by atoms with Crippen LogP contribution in [0.4, 0.5) is 0 Å². The summed E-state index contributed by atoms with van der Waals surface area (Å²) in [4.78, 5) is 17.8. The zero-order valence-electron chi connectivity index (χ0n) is 15.0. The summed E-state index contributed by atoms with van der Waals surface area (Å²) in [5.74, 6) is 0.716. The Morgan fingerprint density at radius 3 is 2.15 bits per heavy atom. The van der Waals surface area contributed by atoms with Gasteiger partial charge in [-0.25, -0.2) is 9.79 Å². The number of cyclic esters (lactones) is 1. The number of nitrogens with zero attached hydrogens (tertiary/aromatic N) is 1. The molecule has 0 bridgehead atoms. The molecule has 0 saturated carbocycles. The lowest BCUT2D eigenvalue weighted by atomic mass is 9.84. The molecule has 4 rings (SSSR count). The molecule has 4 nitrogen and oxygen atoms in total. The Kier molecular flexibility index (Phi) is 4.47. The maximum Gasteiger partial charge on any atom is 0.345 e. The maximum absolute atomic E-state index is 13.0. The summed E-state index contributed by atoms with van der Waals surface area (Å²) in [5.41, 5.74) is 1.51. The molecule has 0 saturated heterocycles. The molecule has 1 aliphatic heterocycles. The number of hydrogen-bond donors (Lipinski definition) is 0. The first-order chi connectivity index (χ1) is 13.2. The second-order valence-corrected chi connectivity index (χ2v) is 6.42. The largest absolute Gasteiger partial charge is 0.497 e. The lowest BCUT2D eigenvalue weighted by Crippen LogP contribution is -2.33. The van der Waals surface area contributed by atoms with E-state index in [4.69, 9.17) is 14.5 Å². The summed E-state index contributed by atoms with van der Waals surface area (Å²) in [6.07, 6.45) is 0.441. The lowest BCUT2D eigenvalue weighted by molar-refractivity contribution is -0.139. The van der Waals surface area contributed by atoms with Crippen LogP contribution < -0.4 is 4.74 Å². The summed E-state index contributed by atoms with van der Waals surface area (Å²) in [5, 5.41) is 0. The standard InChI is InChI=1S/C23H19NO3/c1-26-20-14-12-18(13-15-20)21-24-23(22(25)27-21,19-10-6-3-7-11-19)16-17-8-4-2-5-9-17/h2-15H,16H2,1H3. The summed E-state index contributed by atoms with van der Waals surface area (Å²) in [7, 11) is 1.61. The molecular weight excluding hydrogens is 338 g/mol. The van der Waals surface area contributed by atoms with Gasteiger partial charge in [0.1, 0.15) is 5.75 Å². The highest BCUT2D eigenvalue weighted by molar-refractivity contribution is 6.08. The molecule has 3 aromatic rings. The van der Waals surface area contributed by atoms with E-state index < -0.39 is 5.54 Å². The van der Waals surface area contributed by atoms with E-state index >= 15 is 0 Å². The number of esters is 1. The summed E-state index contributed by atoms with van der Waals surface area (Å²) in [6, 6.07) is 26.8. The van der Waals surface area contributed by atoms with Gasteiger partial charge in [-0.2, -0.15) is 0 Å². The van der Waals surface area contributed by atoms with Gasteiger partial charge in [-0.3, -0.25) is 0 Å². The molecule has 3 aromatic carbocycles. The zero-order valence-corrected chi connectivity index (χ0v) is 15.0. The number of carbonyl (C=O) groups is 1. The van der Waals surface area contributed by atoms with Crippen LogP contribution in [0.15, 0.2) is 89.9 Å². The minimum absolute atomic E-state index is 0.336. The number of methoxy groups -OCH3 is 1. The zero-order chi connectivity index (χ0) is 18.7. The molecule has 0 amide bonds. The van der Waals surface area contributed by atoms with Gasteiger partial charge in [-0.1, -0.05) is 60.7 Å². The van der Waals surface area contributed by atoms with Crippen molar-refractivity contribution in [2.24, 2.45) is 4.99 Å². The Balaban J connectivity index is 1.79. The number of carbonyl (C=O) groups excluding carboxylic acids is 1. The van der Waals surface area contributed by atoms with Gasteiger partial charge in [0.15, 0.2) is 5.54 Å². The predicted molar refractivity (Wildman–Crippen MR) is 104 cm³/mol. The van der Waals surface area contributed by atoms with Crippen LogP contribution in [-0.2, 0) is 21.5 Å². The van der Waals surface area contributed by atoms with Gasteiger partial charge < -0.3 is 9.47 Å². The molecule has 1 atom stereocenters. The normalized spacial score (nSPS) is 18.7. The van der Waals surface area contributed by atoms with E-state index in [1.807, 2.05) is 84.9 Å². The van der Waals surface area contributed by atoms with E-state index in [0.717, 1.165) is 22.4 Å². The second-order valence-electron chi connectivity index (χ2n) is 6.42. The Morgan fingerprint density at radius 2 is 1.52 bits per heavy atom. The number of rotatable bonds is 5. The minimum Gasteiger partial charge on any atom is -0.497 e. The monoisotopic (exact) mass is 357 g/mol. The number of ether oxygens (including phenoxy) is 2. The summed E-state index contributed by atoms with van der Waals surface area (Å²) in [6.45, 7) is 0. The molecule has 0 aliphatic carbocycles. The first-order valence-corrected chi connectivity index (χ1v) is 8.77. The molecule has 1 heterocycles. The van der Waals surface area contributed by atoms with Gasteiger partial charge in [0.25, 0.3) is 0 Å². The van der Waals surface area contributed by atoms with Crippen LogP contribution >= 0.6 is 0 Å². The van der Waals surface area contributed by atoms with E-state index in [1.165, 1.54) is 0 Å². The van der Waals surface area contributed by atoms with Crippen LogP contribution in [0.25, 0.3) is 0 Å². The van der Waals surface area contributed by atoms with Gasteiger partial charge >= 0.3 is 5.97 Å². The van der Waals surface area contributed by atoms with Crippen molar-refractivity contribution in [1.29, 1.82) is 0 Å². The van der Waals surface area contributed by atoms with Gasteiger partial charge in [-0.15, -0.1) is 0 Å². The summed E-state index contributed by atoms with van der Waals surface area (Å²) < 4.78 is 10.8. The van der Waals surface area contributed by atoms with Crippen molar-refractivity contribution in [3.8, 4) is 5.75 Å². The van der Waals surface area contributed by atoms with E-state index in [2.05, 4.69) is 0 Å². The smallest absolute Gasteiger partial charge is 0.345 e. The fourth-order valence-electron chi connectivity index (χ4n) is 3.27. The van der Waals surface area contributed by atoms with Crippen molar-refractivity contribution in [2.45, 2.75) is 12.0 Å². The fraction of sp³-hybridized carbons (Fsp3) is 0.130. The highest BCUT2D eigenvalue weighted by atomic mass is 16.6. The van der Waals surface area contributed by atoms with Crippen molar-refractivity contribution in [3.05, 3.63) is 102 Å². The van der Waals surface area contributed by atoms with Crippen molar-refractivity contribution in [2.75, 3.05) is 7.11 Å². The van der Waals surface area contributed by atoms with E-state index in [0.29, 0.717) is 12.3 Å². The average Bonchev–Trinajstić information content (AvgIpc) is 3.07. The third kappa shape index (κ3) is 3.22. The first-order valence-electron chi connectivity index (χ1n) is 8.77. The Hall–Kier alpha value is -3.40. The van der Waals surface area contributed by atoms with Gasteiger partial charge in [0, 0.05) is 12.0 Å². The van der Waals surface area contributed by atoms with Crippen molar-refractivity contribution >= 4 is 11.9 Å². The Bertz CT molecular complexity index is 966. The Morgan fingerprint density at radius 1 is 0.889 bits per heavy atom. The van der Waals surface area contributed by atoms with Gasteiger partial charge in [-0.05, 0) is 35.4 Å². The predicted octanol–water partition coefficient (Wildman–Crippen LogP) is 4.14. The molecule has 134 valence electrons. The number of benzene rings is 3. The second kappa shape index (κ2) is 7.08. The van der Waals surface area contributed by atoms with Crippen LogP contribution in [-0.4, -0.2) is 19.0 Å². The van der Waals surface area contributed by atoms with Crippen molar-refractivity contribution < 1.29 is 14.3 Å². The molecule has 1 aliphatic rings. The van der Waals surface area contributed by atoms with Gasteiger partial charge in [0.05, 0.1) is 7.11 Å². The Labute approximate surface area is 158 Å². The third-order valence-electron chi connectivity index (χ3n) is 4.71. The van der Waals surface area contributed by atoms with Crippen molar-refractivity contribution in [1.82, 2.24) is 0 Å². The first kappa shape index (κ1) is 17.0. The van der Waals surface area contributed by atoms with Crippen molar-refractivity contribution in [3.63, 3.8) is 0 Å².